The van der Waals surface area contributed by atoms with Crippen LogP contribution < -0.4 is 15.4 Å². The molecule has 0 bridgehead atoms. The van der Waals surface area contributed by atoms with Gasteiger partial charge in [0.15, 0.2) is 0 Å². The summed E-state index contributed by atoms with van der Waals surface area (Å²) in [4.78, 5) is 14.4. The first-order valence-corrected chi connectivity index (χ1v) is 8.45. The molecule has 0 radical (unpaired) electrons. The molecule has 1 aromatic rings. The number of nitrogens with zero attached hydrogens (tertiary/aromatic N) is 1. The molecule has 2 N–H and O–H groups in total. The predicted octanol–water partition coefficient (Wildman–Crippen LogP) is 3.03. The van der Waals surface area contributed by atoms with E-state index < -0.39 is 0 Å². The zero-order chi connectivity index (χ0) is 16.8. The summed E-state index contributed by atoms with van der Waals surface area (Å²) in [5.41, 5.74) is 0.714. The third kappa shape index (κ3) is 6.48. The highest BCUT2D eigenvalue weighted by Gasteiger charge is 2.24. The van der Waals surface area contributed by atoms with E-state index in [9.17, 15) is 4.79 Å². The minimum absolute atomic E-state index is 0. The number of anilines is 1. The standard InChI is InChI=1S/C17H26ClN3O2.ClH/c1-12-10-13(6-7-19-12)17(22)20-14-4-5-16(15(18)11-14)23-9-8-21(2)3;/h4-5,11-13,19H,6-10H2,1-3H3,(H,20,22);1H/t12-,13-;/m0./s1. The molecule has 1 fully saturated rings. The number of halogens is 2. The molecule has 0 aromatic heterocycles. The van der Waals surface area contributed by atoms with Crippen molar-refractivity contribution in [1.82, 2.24) is 10.2 Å². The zero-order valence-electron chi connectivity index (χ0n) is 14.5. The molecule has 2 atom stereocenters. The maximum absolute atomic E-state index is 12.3. The van der Waals surface area contributed by atoms with E-state index in [0.717, 1.165) is 25.9 Å². The molecule has 1 aliphatic heterocycles. The molecule has 136 valence electrons. The second-order valence-corrected chi connectivity index (χ2v) is 6.77. The highest BCUT2D eigenvalue weighted by Crippen LogP contribution is 2.28. The van der Waals surface area contributed by atoms with E-state index in [2.05, 4.69) is 17.6 Å². The molecule has 7 heteroatoms. The van der Waals surface area contributed by atoms with Crippen molar-refractivity contribution in [3.05, 3.63) is 23.2 Å². The Morgan fingerprint density at radius 2 is 2.21 bits per heavy atom. The fourth-order valence-electron chi connectivity index (χ4n) is 2.65. The van der Waals surface area contributed by atoms with Crippen LogP contribution >= 0.6 is 24.0 Å². The molecule has 1 saturated heterocycles. The third-order valence-corrected chi connectivity index (χ3v) is 4.29. The Kier molecular flexibility index (Phi) is 8.84. The lowest BCUT2D eigenvalue weighted by molar-refractivity contribution is -0.120. The number of amides is 1. The number of nitrogens with one attached hydrogen (secondary N) is 2. The number of benzene rings is 1. The normalized spacial score (nSPS) is 20.4. The lowest BCUT2D eigenvalue weighted by atomic mass is 9.92. The van der Waals surface area contributed by atoms with Crippen LogP contribution in [0.1, 0.15) is 19.8 Å². The van der Waals surface area contributed by atoms with Crippen molar-refractivity contribution in [3.8, 4) is 5.75 Å². The van der Waals surface area contributed by atoms with Crippen LogP contribution in [-0.2, 0) is 4.79 Å². The Bertz CT molecular complexity index is 541. The maximum Gasteiger partial charge on any atom is 0.227 e. The van der Waals surface area contributed by atoms with E-state index in [4.69, 9.17) is 16.3 Å². The first kappa shape index (κ1) is 21.0. The number of carbonyl (C=O) groups is 1. The molecule has 2 rings (SSSR count). The number of rotatable bonds is 6. The van der Waals surface area contributed by atoms with Gasteiger partial charge in [-0.2, -0.15) is 0 Å². The van der Waals surface area contributed by atoms with Gasteiger partial charge in [-0.1, -0.05) is 11.6 Å². The van der Waals surface area contributed by atoms with Gasteiger partial charge in [-0.15, -0.1) is 12.4 Å². The Labute approximate surface area is 155 Å². The van der Waals surface area contributed by atoms with Crippen molar-refractivity contribution in [3.63, 3.8) is 0 Å². The van der Waals surface area contributed by atoms with E-state index in [1.165, 1.54) is 0 Å². The lowest BCUT2D eigenvalue weighted by Crippen LogP contribution is -2.40. The van der Waals surface area contributed by atoms with Gasteiger partial charge in [0.25, 0.3) is 0 Å². The topological polar surface area (TPSA) is 53.6 Å². The summed E-state index contributed by atoms with van der Waals surface area (Å²) in [6.07, 6.45) is 1.74. The summed E-state index contributed by atoms with van der Waals surface area (Å²) in [6, 6.07) is 5.77. The van der Waals surface area contributed by atoms with Crippen LogP contribution in [0.3, 0.4) is 0 Å². The largest absolute Gasteiger partial charge is 0.491 e. The Hall–Kier alpha value is -1.01. The van der Waals surface area contributed by atoms with Crippen molar-refractivity contribution >= 4 is 35.6 Å². The van der Waals surface area contributed by atoms with Crippen LogP contribution in [0.5, 0.6) is 5.75 Å². The van der Waals surface area contributed by atoms with Crippen molar-refractivity contribution < 1.29 is 9.53 Å². The number of hydrogen-bond donors (Lipinski definition) is 2. The van der Waals surface area contributed by atoms with Gasteiger partial charge in [0, 0.05) is 24.2 Å². The number of likely N-dealkylation sites (N-methyl/N-ethyl adjacent to an activating group) is 1. The van der Waals surface area contributed by atoms with Crippen LogP contribution in [0.2, 0.25) is 5.02 Å². The van der Waals surface area contributed by atoms with Crippen LogP contribution in [-0.4, -0.2) is 50.6 Å². The van der Waals surface area contributed by atoms with Crippen molar-refractivity contribution in [2.75, 3.05) is 39.1 Å². The molecular formula is C17H27Cl2N3O2. The average molecular weight is 376 g/mol. The minimum atomic E-state index is 0. The highest BCUT2D eigenvalue weighted by molar-refractivity contribution is 6.32. The molecule has 5 nitrogen and oxygen atoms in total. The fourth-order valence-corrected chi connectivity index (χ4v) is 2.88. The Morgan fingerprint density at radius 3 is 2.83 bits per heavy atom. The second kappa shape index (κ2) is 10.1. The van der Waals surface area contributed by atoms with E-state index >= 15 is 0 Å². The summed E-state index contributed by atoms with van der Waals surface area (Å²) in [5.74, 6) is 0.763. The van der Waals surface area contributed by atoms with Gasteiger partial charge in [-0.3, -0.25) is 4.79 Å². The summed E-state index contributed by atoms with van der Waals surface area (Å²) in [6.45, 7) is 4.39. The SMILES string of the molecule is C[C@H]1C[C@@H](C(=O)Nc2ccc(OCCN(C)C)c(Cl)c2)CCN1.Cl. The van der Waals surface area contributed by atoms with E-state index in [-0.39, 0.29) is 24.2 Å². The summed E-state index contributed by atoms with van der Waals surface area (Å²) in [5, 5.41) is 6.83. The van der Waals surface area contributed by atoms with Gasteiger partial charge in [0.2, 0.25) is 5.91 Å². The van der Waals surface area contributed by atoms with E-state index in [1.54, 1.807) is 12.1 Å². The zero-order valence-corrected chi connectivity index (χ0v) is 16.0. The first-order valence-electron chi connectivity index (χ1n) is 8.07. The van der Waals surface area contributed by atoms with Crippen molar-refractivity contribution in [1.29, 1.82) is 0 Å². The maximum atomic E-state index is 12.3. The monoisotopic (exact) mass is 375 g/mol. The number of hydrogen-bond acceptors (Lipinski definition) is 4. The molecule has 0 saturated carbocycles. The summed E-state index contributed by atoms with van der Waals surface area (Å²) < 4.78 is 5.64. The van der Waals surface area contributed by atoms with E-state index in [1.807, 2.05) is 25.1 Å². The summed E-state index contributed by atoms with van der Waals surface area (Å²) >= 11 is 6.24. The van der Waals surface area contributed by atoms with Crippen LogP contribution in [0.25, 0.3) is 0 Å². The Morgan fingerprint density at radius 1 is 1.46 bits per heavy atom. The van der Waals surface area contributed by atoms with Crippen LogP contribution in [0, 0.1) is 5.92 Å². The molecule has 24 heavy (non-hydrogen) atoms. The van der Waals surface area contributed by atoms with Crippen molar-refractivity contribution in [2.45, 2.75) is 25.8 Å². The molecule has 0 unspecified atom stereocenters. The predicted molar refractivity (Wildman–Crippen MR) is 102 cm³/mol. The lowest BCUT2D eigenvalue weighted by Gasteiger charge is -2.27. The highest BCUT2D eigenvalue weighted by atomic mass is 35.5. The van der Waals surface area contributed by atoms with Gasteiger partial charge in [0.05, 0.1) is 5.02 Å². The number of carbonyl (C=O) groups excluding carboxylic acids is 1. The van der Waals surface area contributed by atoms with Gasteiger partial charge < -0.3 is 20.3 Å². The Balaban J connectivity index is 0.00000288. The molecule has 0 spiro atoms. The smallest absolute Gasteiger partial charge is 0.227 e. The van der Waals surface area contributed by atoms with Gasteiger partial charge in [-0.25, -0.2) is 0 Å². The molecule has 1 aromatic carbocycles. The van der Waals surface area contributed by atoms with Gasteiger partial charge in [-0.05, 0) is 58.6 Å². The summed E-state index contributed by atoms with van der Waals surface area (Å²) in [7, 11) is 3.98. The number of piperidine rings is 1. The average Bonchev–Trinajstić information content (AvgIpc) is 2.49. The second-order valence-electron chi connectivity index (χ2n) is 6.36. The quantitative estimate of drug-likeness (QED) is 0.802. The molecule has 1 heterocycles. The first-order chi connectivity index (χ1) is 11.0. The van der Waals surface area contributed by atoms with Gasteiger partial charge in [0.1, 0.15) is 12.4 Å². The molecule has 1 amide bonds. The molecule has 0 aliphatic carbocycles. The van der Waals surface area contributed by atoms with E-state index in [0.29, 0.717) is 29.1 Å². The molecule has 1 aliphatic rings. The van der Waals surface area contributed by atoms with Crippen LogP contribution in [0.15, 0.2) is 18.2 Å². The minimum Gasteiger partial charge on any atom is -0.491 e. The number of ether oxygens (including phenoxy) is 1. The fraction of sp³-hybridized carbons (Fsp3) is 0.588. The third-order valence-electron chi connectivity index (χ3n) is 3.99. The van der Waals surface area contributed by atoms with Gasteiger partial charge >= 0.3 is 0 Å². The molecular weight excluding hydrogens is 349 g/mol. The van der Waals surface area contributed by atoms with Crippen LogP contribution in [0.4, 0.5) is 5.69 Å². The van der Waals surface area contributed by atoms with Crippen molar-refractivity contribution in [2.24, 2.45) is 5.92 Å².